The third kappa shape index (κ3) is 6.90. The van der Waals surface area contributed by atoms with E-state index in [1.807, 2.05) is 30.3 Å². The van der Waals surface area contributed by atoms with Gasteiger partial charge in [0.2, 0.25) is 12.2 Å². The highest BCUT2D eigenvalue weighted by molar-refractivity contribution is 5.86. The molecule has 0 aromatic heterocycles. The number of hydrogen-bond donors (Lipinski definition) is 2. The highest BCUT2D eigenvalue weighted by atomic mass is 16.7. The van der Waals surface area contributed by atoms with Gasteiger partial charge >= 0.3 is 12.1 Å². The molecule has 1 aliphatic rings. The minimum absolute atomic E-state index is 0.00432. The molecular weight excluding hydrogens is 352 g/mol. The lowest BCUT2D eigenvalue weighted by atomic mass is 10.2. The number of amides is 2. The van der Waals surface area contributed by atoms with E-state index in [2.05, 4.69) is 10.6 Å². The Morgan fingerprint density at radius 1 is 1.26 bits per heavy atom. The Bertz CT molecular complexity index is 671. The average molecular weight is 378 g/mol. The smallest absolute Gasteiger partial charge is 0.408 e. The van der Waals surface area contributed by atoms with Crippen LogP contribution in [-0.4, -0.2) is 41.9 Å². The number of esters is 1. The van der Waals surface area contributed by atoms with Crippen molar-refractivity contribution in [3.05, 3.63) is 35.9 Å². The first-order chi connectivity index (χ1) is 12.6. The lowest BCUT2D eigenvalue weighted by Crippen LogP contribution is -2.51. The quantitative estimate of drug-likeness (QED) is 0.733. The van der Waals surface area contributed by atoms with Crippen molar-refractivity contribution in [3.63, 3.8) is 0 Å². The Morgan fingerprint density at radius 3 is 2.56 bits per heavy atom. The third-order valence-corrected chi connectivity index (χ3v) is 3.67. The van der Waals surface area contributed by atoms with E-state index in [1.165, 1.54) is 6.92 Å². The van der Waals surface area contributed by atoms with Crippen LogP contribution < -0.4 is 10.6 Å². The van der Waals surface area contributed by atoms with Crippen LogP contribution in [0.15, 0.2) is 30.3 Å². The van der Waals surface area contributed by atoms with Gasteiger partial charge in [0.25, 0.3) is 0 Å². The Kier molecular flexibility index (Phi) is 6.79. The van der Waals surface area contributed by atoms with Crippen LogP contribution in [-0.2, 0) is 30.4 Å². The minimum Gasteiger partial charge on any atom is -0.444 e. The molecule has 2 rings (SSSR count). The summed E-state index contributed by atoms with van der Waals surface area (Å²) in [5.41, 5.74) is 0.257. The van der Waals surface area contributed by atoms with E-state index in [1.54, 1.807) is 20.8 Å². The molecule has 2 N–H and O–H groups in total. The molecule has 0 aliphatic carbocycles. The maximum absolute atomic E-state index is 12.3. The Balaban J connectivity index is 1.86. The molecule has 1 aromatic rings. The second-order valence-corrected chi connectivity index (χ2v) is 7.34. The molecule has 0 radical (unpaired) electrons. The largest absolute Gasteiger partial charge is 0.444 e. The van der Waals surface area contributed by atoms with Gasteiger partial charge in [-0.25, -0.2) is 4.79 Å². The van der Waals surface area contributed by atoms with Crippen LogP contribution in [0.2, 0.25) is 0 Å². The fraction of sp³-hybridized carbons (Fsp3) is 0.526. The van der Waals surface area contributed by atoms with Crippen LogP contribution in [0.1, 0.15) is 39.7 Å². The molecule has 1 fully saturated rings. The molecular formula is C19H26N2O6. The molecule has 8 nitrogen and oxygen atoms in total. The molecule has 8 heteroatoms. The second kappa shape index (κ2) is 8.85. The maximum atomic E-state index is 12.3. The predicted molar refractivity (Wildman–Crippen MR) is 96.5 cm³/mol. The highest BCUT2D eigenvalue weighted by Gasteiger charge is 2.37. The number of cyclic esters (lactones) is 1. The molecule has 1 heterocycles. The van der Waals surface area contributed by atoms with Gasteiger partial charge in [0.05, 0.1) is 13.0 Å². The minimum atomic E-state index is -0.879. The predicted octanol–water partition coefficient (Wildman–Crippen LogP) is 1.87. The SMILES string of the molecule is C[C@H](NC(=O)OC(C)(C)C)C(=O)N[C@H]1CC(=O)O[C@@H]1OCc1ccccc1. The van der Waals surface area contributed by atoms with Crippen molar-refractivity contribution in [2.75, 3.05) is 0 Å². The molecule has 0 unspecified atom stereocenters. The summed E-state index contributed by atoms with van der Waals surface area (Å²) in [5.74, 6) is -0.913. The summed E-state index contributed by atoms with van der Waals surface area (Å²) in [6.07, 6.45) is -1.57. The number of rotatable bonds is 6. The lowest BCUT2D eigenvalue weighted by molar-refractivity contribution is -0.168. The van der Waals surface area contributed by atoms with E-state index < -0.39 is 41.9 Å². The molecule has 2 amide bonds. The maximum Gasteiger partial charge on any atom is 0.408 e. The molecule has 0 saturated carbocycles. The van der Waals surface area contributed by atoms with Crippen LogP contribution in [0, 0.1) is 0 Å². The fourth-order valence-corrected chi connectivity index (χ4v) is 2.42. The van der Waals surface area contributed by atoms with Gasteiger partial charge in [-0.1, -0.05) is 30.3 Å². The van der Waals surface area contributed by atoms with Crippen molar-refractivity contribution in [1.82, 2.24) is 10.6 Å². The van der Waals surface area contributed by atoms with Gasteiger partial charge < -0.3 is 24.8 Å². The molecule has 27 heavy (non-hydrogen) atoms. The van der Waals surface area contributed by atoms with E-state index in [0.29, 0.717) is 0 Å². The third-order valence-electron chi connectivity index (χ3n) is 3.67. The van der Waals surface area contributed by atoms with Gasteiger partial charge in [-0.2, -0.15) is 0 Å². The summed E-state index contributed by atoms with van der Waals surface area (Å²) < 4.78 is 15.9. The van der Waals surface area contributed by atoms with Crippen LogP contribution in [0.5, 0.6) is 0 Å². The number of carbonyl (C=O) groups excluding carboxylic acids is 3. The van der Waals surface area contributed by atoms with Crippen molar-refractivity contribution < 1.29 is 28.6 Å². The van der Waals surface area contributed by atoms with E-state index >= 15 is 0 Å². The van der Waals surface area contributed by atoms with Crippen LogP contribution in [0.4, 0.5) is 4.79 Å². The zero-order valence-electron chi connectivity index (χ0n) is 16.0. The van der Waals surface area contributed by atoms with Gasteiger partial charge in [-0.05, 0) is 33.3 Å². The van der Waals surface area contributed by atoms with Crippen LogP contribution in [0.3, 0.4) is 0 Å². The molecule has 1 aromatic carbocycles. The van der Waals surface area contributed by atoms with Gasteiger partial charge in [-0.3, -0.25) is 9.59 Å². The van der Waals surface area contributed by atoms with E-state index in [9.17, 15) is 14.4 Å². The summed E-state index contributed by atoms with van der Waals surface area (Å²) in [6.45, 7) is 6.96. The fourth-order valence-electron chi connectivity index (χ4n) is 2.42. The standard InChI is InChI=1S/C19H26N2O6/c1-12(20-18(24)27-19(2,3)4)16(23)21-14-10-15(22)26-17(14)25-11-13-8-6-5-7-9-13/h5-9,12,14,17H,10-11H2,1-4H3,(H,20,24)(H,21,23)/t12-,14-,17-/m0/s1. The first-order valence-corrected chi connectivity index (χ1v) is 8.79. The summed E-state index contributed by atoms with van der Waals surface area (Å²) in [4.78, 5) is 35.7. The van der Waals surface area contributed by atoms with Crippen LogP contribution in [0.25, 0.3) is 0 Å². The topological polar surface area (TPSA) is 103 Å². The Hall–Kier alpha value is -2.61. The molecule has 148 valence electrons. The van der Waals surface area contributed by atoms with E-state index in [0.717, 1.165) is 5.56 Å². The summed E-state index contributed by atoms with van der Waals surface area (Å²) in [5, 5.41) is 5.14. The number of nitrogens with one attached hydrogen (secondary N) is 2. The lowest BCUT2D eigenvalue weighted by Gasteiger charge is -2.23. The van der Waals surface area contributed by atoms with Crippen molar-refractivity contribution in [2.45, 2.75) is 64.7 Å². The summed E-state index contributed by atoms with van der Waals surface area (Å²) >= 11 is 0. The van der Waals surface area contributed by atoms with Crippen molar-refractivity contribution >= 4 is 18.0 Å². The molecule has 0 spiro atoms. The summed E-state index contributed by atoms with van der Waals surface area (Å²) in [7, 11) is 0. The number of benzene rings is 1. The number of ether oxygens (including phenoxy) is 3. The van der Waals surface area contributed by atoms with Crippen molar-refractivity contribution in [3.8, 4) is 0 Å². The molecule has 1 aliphatic heterocycles. The average Bonchev–Trinajstić information content (AvgIpc) is 2.91. The highest BCUT2D eigenvalue weighted by Crippen LogP contribution is 2.18. The van der Waals surface area contributed by atoms with Crippen LogP contribution >= 0.6 is 0 Å². The first-order valence-electron chi connectivity index (χ1n) is 8.79. The number of hydrogen-bond acceptors (Lipinski definition) is 6. The van der Waals surface area contributed by atoms with E-state index in [-0.39, 0.29) is 13.0 Å². The monoisotopic (exact) mass is 378 g/mol. The normalized spacial score (nSPS) is 20.5. The van der Waals surface area contributed by atoms with Crippen molar-refractivity contribution in [1.29, 1.82) is 0 Å². The van der Waals surface area contributed by atoms with Gasteiger partial charge in [-0.15, -0.1) is 0 Å². The second-order valence-electron chi connectivity index (χ2n) is 7.34. The molecule has 0 bridgehead atoms. The number of alkyl carbamates (subject to hydrolysis) is 1. The number of carbonyl (C=O) groups is 3. The Labute approximate surface area is 158 Å². The first kappa shape index (κ1) is 20.7. The Morgan fingerprint density at radius 2 is 1.93 bits per heavy atom. The van der Waals surface area contributed by atoms with Gasteiger partial charge in [0.15, 0.2) is 0 Å². The molecule has 1 saturated heterocycles. The summed E-state index contributed by atoms with van der Waals surface area (Å²) in [6, 6.07) is 7.95. The zero-order chi connectivity index (χ0) is 20.0. The molecule has 3 atom stereocenters. The zero-order valence-corrected chi connectivity index (χ0v) is 16.0. The van der Waals surface area contributed by atoms with Gasteiger partial charge in [0.1, 0.15) is 17.7 Å². The van der Waals surface area contributed by atoms with E-state index in [4.69, 9.17) is 14.2 Å². The van der Waals surface area contributed by atoms with Gasteiger partial charge in [0, 0.05) is 0 Å². The van der Waals surface area contributed by atoms with Crippen molar-refractivity contribution in [2.24, 2.45) is 0 Å².